The van der Waals surface area contributed by atoms with E-state index in [4.69, 9.17) is 21.7 Å². The molecule has 0 aromatic heterocycles. The maximum atomic E-state index is 13.3. The molecule has 2 aliphatic rings. The van der Waals surface area contributed by atoms with Gasteiger partial charge in [-0.15, -0.1) is 0 Å². The molecule has 2 bridgehead atoms. The zero-order valence-electron chi connectivity index (χ0n) is 14.1. The summed E-state index contributed by atoms with van der Waals surface area (Å²) >= 11 is 5.59. The van der Waals surface area contributed by atoms with E-state index in [-0.39, 0.29) is 11.9 Å². The Morgan fingerprint density at radius 2 is 2.08 bits per heavy atom. The van der Waals surface area contributed by atoms with E-state index in [2.05, 4.69) is 5.32 Å². The summed E-state index contributed by atoms with van der Waals surface area (Å²) in [5, 5.41) is 3.96. The van der Waals surface area contributed by atoms with Crippen LogP contribution in [0.3, 0.4) is 0 Å². The summed E-state index contributed by atoms with van der Waals surface area (Å²) in [4.78, 5) is 1.91. The molecule has 0 aliphatic carbocycles. The lowest BCUT2D eigenvalue weighted by Crippen LogP contribution is -2.65. The van der Waals surface area contributed by atoms with Gasteiger partial charge in [-0.1, -0.05) is 12.1 Å². The number of para-hydroxylation sites is 1. The lowest BCUT2D eigenvalue weighted by atomic mass is 9.90. The van der Waals surface area contributed by atoms with E-state index in [9.17, 15) is 4.39 Å². The van der Waals surface area contributed by atoms with Gasteiger partial charge in [-0.3, -0.25) is 4.90 Å². The molecule has 6 heteroatoms. The zero-order valence-corrected chi connectivity index (χ0v) is 14.9. The highest BCUT2D eigenvalue weighted by Gasteiger charge is 2.49. The lowest BCUT2D eigenvalue weighted by Gasteiger charge is -2.52. The summed E-state index contributed by atoms with van der Waals surface area (Å²) in [5.41, 5.74) is 1.16. The highest BCUT2D eigenvalue weighted by atomic mass is 32.1. The minimum atomic E-state index is -0.676. The van der Waals surface area contributed by atoms with Gasteiger partial charge in [0.15, 0.2) is 22.3 Å². The number of nitrogens with zero attached hydrogens (tertiary/aromatic N) is 1. The Balaban J connectivity index is 1.79. The molecule has 0 radical (unpaired) electrons. The largest absolute Gasteiger partial charge is 0.490 e. The van der Waals surface area contributed by atoms with E-state index >= 15 is 0 Å². The van der Waals surface area contributed by atoms with Crippen LogP contribution in [0.4, 0.5) is 10.1 Å². The predicted octanol–water partition coefficient (Wildman–Crippen LogP) is 4.16. The van der Waals surface area contributed by atoms with Crippen LogP contribution in [0.5, 0.6) is 11.5 Å². The van der Waals surface area contributed by atoms with Crippen molar-refractivity contribution in [1.82, 2.24) is 5.32 Å². The van der Waals surface area contributed by atoms with Crippen molar-refractivity contribution in [3.05, 3.63) is 53.8 Å². The van der Waals surface area contributed by atoms with Gasteiger partial charge in [-0.05, 0) is 56.4 Å². The number of benzene rings is 2. The monoisotopic (exact) mass is 358 g/mol. The molecular weight excluding hydrogens is 339 g/mol. The molecule has 25 heavy (non-hydrogen) atoms. The molecule has 2 aromatic rings. The standard InChI is InChI=1S/C19H19FN2O2S/c1-3-23-16-6-4-5-14-15-11-19(2,24-17(14)16)22(18(25)21-15)13-9-7-12(20)8-10-13/h4-10,15H,3,11H2,1-2H3,(H,21,25)/t15-,19+/m0/s1. The molecule has 0 spiro atoms. The number of hydrogen-bond acceptors (Lipinski definition) is 3. The van der Waals surface area contributed by atoms with Gasteiger partial charge in [0.25, 0.3) is 0 Å². The molecule has 1 saturated heterocycles. The molecule has 1 N–H and O–H groups in total. The number of anilines is 1. The van der Waals surface area contributed by atoms with Crippen molar-refractivity contribution in [3.63, 3.8) is 0 Å². The van der Waals surface area contributed by atoms with E-state index in [1.165, 1.54) is 12.1 Å². The normalized spacial score (nSPS) is 24.2. The second-order valence-electron chi connectivity index (χ2n) is 6.40. The van der Waals surface area contributed by atoms with Crippen molar-refractivity contribution in [1.29, 1.82) is 0 Å². The maximum Gasteiger partial charge on any atom is 0.188 e. The molecule has 130 valence electrons. The molecule has 0 amide bonds. The molecule has 4 nitrogen and oxygen atoms in total. The summed E-state index contributed by atoms with van der Waals surface area (Å²) in [5.74, 6) is 1.19. The zero-order chi connectivity index (χ0) is 17.6. The second kappa shape index (κ2) is 5.88. The first-order valence-corrected chi connectivity index (χ1v) is 8.73. The Labute approximate surface area is 151 Å². The Bertz CT molecular complexity index is 827. The SMILES string of the molecule is CCOc1cccc2c1O[C@]1(C)C[C@@H]2NC(=S)N1c1ccc(F)cc1. The van der Waals surface area contributed by atoms with Crippen molar-refractivity contribution in [2.24, 2.45) is 0 Å². The van der Waals surface area contributed by atoms with Gasteiger partial charge in [0.2, 0.25) is 0 Å². The third-order valence-corrected chi connectivity index (χ3v) is 4.95. The van der Waals surface area contributed by atoms with Crippen molar-refractivity contribution in [3.8, 4) is 11.5 Å². The summed E-state index contributed by atoms with van der Waals surface area (Å²) in [7, 11) is 0. The maximum absolute atomic E-state index is 13.3. The highest BCUT2D eigenvalue weighted by molar-refractivity contribution is 7.80. The van der Waals surface area contributed by atoms with Gasteiger partial charge in [0, 0.05) is 17.7 Å². The van der Waals surface area contributed by atoms with Crippen LogP contribution >= 0.6 is 12.2 Å². The Kier molecular flexibility index (Phi) is 3.80. The molecule has 2 aromatic carbocycles. The van der Waals surface area contributed by atoms with Gasteiger partial charge in [0.1, 0.15) is 5.82 Å². The second-order valence-corrected chi connectivity index (χ2v) is 6.79. The smallest absolute Gasteiger partial charge is 0.188 e. The van der Waals surface area contributed by atoms with Crippen LogP contribution in [0.15, 0.2) is 42.5 Å². The lowest BCUT2D eigenvalue weighted by molar-refractivity contribution is 0.0457. The van der Waals surface area contributed by atoms with Crippen LogP contribution in [0.1, 0.15) is 31.9 Å². The number of halogens is 1. The molecule has 1 fully saturated rings. The number of nitrogens with one attached hydrogen (secondary N) is 1. The summed E-state index contributed by atoms with van der Waals surface area (Å²) in [6.07, 6.45) is 0.715. The average molecular weight is 358 g/mol. The fourth-order valence-electron chi connectivity index (χ4n) is 3.61. The van der Waals surface area contributed by atoms with E-state index < -0.39 is 5.72 Å². The number of rotatable bonds is 3. The first-order valence-electron chi connectivity index (χ1n) is 8.33. The minimum Gasteiger partial charge on any atom is -0.490 e. The van der Waals surface area contributed by atoms with E-state index in [0.29, 0.717) is 18.1 Å². The van der Waals surface area contributed by atoms with Gasteiger partial charge < -0.3 is 14.8 Å². The fraction of sp³-hybridized carbons (Fsp3) is 0.316. The Morgan fingerprint density at radius 3 is 2.80 bits per heavy atom. The molecule has 2 aliphatic heterocycles. The van der Waals surface area contributed by atoms with Crippen molar-refractivity contribution < 1.29 is 13.9 Å². The van der Waals surface area contributed by atoms with Crippen LogP contribution in [-0.4, -0.2) is 17.4 Å². The Hall–Kier alpha value is -2.34. The minimum absolute atomic E-state index is 0.0540. The summed E-state index contributed by atoms with van der Waals surface area (Å²) in [6.45, 7) is 4.51. The molecule has 0 unspecified atom stereocenters. The van der Waals surface area contributed by atoms with E-state index in [0.717, 1.165) is 22.7 Å². The number of thiocarbonyl (C=S) groups is 1. The number of fused-ring (bicyclic) bond motifs is 4. The summed E-state index contributed by atoms with van der Waals surface area (Å²) in [6, 6.07) is 12.2. The molecule has 4 rings (SSSR count). The number of ether oxygens (including phenoxy) is 2. The van der Waals surface area contributed by atoms with E-state index in [1.54, 1.807) is 12.1 Å². The van der Waals surface area contributed by atoms with Crippen molar-refractivity contribution in [2.75, 3.05) is 11.5 Å². The predicted molar refractivity (Wildman–Crippen MR) is 98.6 cm³/mol. The van der Waals surface area contributed by atoms with Crippen LogP contribution in [0.25, 0.3) is 0 Å². The van der Waals surface area contributed by atoms with Crippen LogP contribution in [0.2, 0.25) is 0 Å². The Morgan fingerprint density at radius 1 is 1.32 bits per heavy atom. The first-order chi connectivity index (χ1) is 12.0. The van der Waals surface area contributed by atoms with Gasteiger partial charge in [-0.25, -0.2) is 4.39 Å². The molecule has 2 heterocycles. The topological polar surface area (TPSA) is 33.7 Å². The van der Waals surface area contributed by atoms with Crippen LogP contribution in [0, 0.1) is 5.82 Å². The van der Waals surface area contributed by atoms with Crippen molar-refractivity contribution in [2.45, 2.75) is 32.0 Å². The molecule has 0 saturated carbocycles. The van der Waals surface area contributed by atoms with E-state index in [1.807, 2.05) is 36.9 Å². The van der Waals surface area contributed by atoms with Gasteiger partial charge in [0.05, 0.1) is 12.6 Å². The third kappa shape index (κ3) is 2.61. The first kappa shape index (κ1) is 16.1. The molecular formula is C19H19FN2O2S. The van der Waals surface area contributed by atoms with Crippen LogP contribution in [-0.2, 0) is 0 Å². The van der Waals surface area contributed by atoms with Gasteiger partial charge >= 0.3 is 0 Å². The highest BCUT2D eigenvalue weighted by Crippen LogP contribution is 2.49. The average Bonchev–Trinajstić information content (AvgIpc) is 2.57. The molecule has 2 atom stereocenters. The number of hydrogen-bond donors (Lipinski definition) is 1. The quantitative estimate of drug-likeness (QED) is 0.834. The van der Waals surface area contributed by atoms with Crippen molar-refractivity contribution >= 4 is 23.0 Å². The van der Waals surface area contributed by atoms with Gasteiger partial charge in [-0.2, -0.15) is 0 Å². The fourth-order valence-corrected chi connectivity index (χ4v) is 4.05. The summed E-state index contributed by atoms with van der Waals surface area (Å²) < 4.78 is 25.5. The van der Waals surface area contributed by atoms with Crippen LogP contribution < -0.4 is 19.7 Å². The third-order valence-electron chi connectivity index (χ3n) is 4.65.